The Balaban J connectivity index is 1.49. The minimum absolute atomic E-state index is 0.0216. The summed E-state index contributed by atoms with van der Waals surface area (Å²) in [7, 11) is -8.41. The summed E-state index contributed by atoms with van der Waals surface area (Å²) in [5.41, 5.74) is 3.38. The second-order valence-electron chi connectivity index (χ2n) is 12.0. The maximum atomic E-state index is 14.2. The van der Waals surface area contributed by atoms with Crippen molar-refractivity contribution in [1.29, 1.82) is 0 Å². The molecule has 0 amide bonds. The average molecular weight is 811 g/mol. The lowest BCUT2D eigenvalue weighted by molar-refractivity contribution is 0.363. The summed E-state index contributed by atoms with van der Waals surface area (Å²) < 4.78 is 72.0. The fraction of sp³-hybridized carbons (Fsp3) is 0.189. The van der Waals surface area contributed by atoms with Gasteiger partial charge in [-0.2, -0.15) is 8.61 Å². The molecule has 0 heterocycles. The van der Waals surface area contributed by atoms with E-state index < -0.39 is 30.7 Å². The normalized spacial score (nSPS) is 12.8. The Morgan fingerprint density at radius 2 is 1.24 bits per heavy atom. The van der Waals surface area contributed by atoms with Crippen molar-refractivity contribution < 1.29 is 26.3 Å². The van der Waals surface area contributed by atoms with Crippen molar-refractivity contribution in [3.05, 3.63) is 147 Å². The molecule has 0 fully saturated rings. The van der Waals surface area contributed by atoms with Gasteiger partial charge in [0.05, 0.1) is 9.92 Å². The Labute approximate surface area is 317 Å². The van der Waals surface area contributed by atoms with Gasteiger partial charge < -0.3 is 5.11 Å². The summed E-state index contributed by atoms with van der Waals surface area (Å²) in [6, 6.07) is 28.5. The molecule has 14 heteroatoms. The van der Waals surface area contributed by atoms with Gasteiger partial charge in [0.15, 0.2) is 5.75 Å². The first-order valence-electron chi connectivity index (χ1n) is 15.6. The van der Waals surface area contributed by atoms with Crippen LogP contribution in [-0.4, -0.2) is 43.0 Å². The Bertz CT molecular complexity index is 2220. The average Bonchev–Trinajstić information content (AvgIpc) is 3.10. The standard InChI is InChI=1S/C37H33Cl4FN2O5S2/c1-25(20-38)21-43(50(46,47)34-7-3-6-31(39)17-34)23-27-4-2-5-28(16-27)24-44(51(48,49)36-19-32(40)18-35(41)37(36)45)22-26-8-10-29(11-9-26)30-12-14-33(42)15-13-30/h2-19,25,45H,20-24H2,1H3. The summed E-state index contributed by atoms with van der Waals surface area (Å²) in [5, 5.41) is 10.8. The smallest absolute Gasteiger partial charge is 0.247 e. The number of hydrogen-bond acceptors (Lipinski definition) is 5. The molecule has 51 heavy (non-hydrogen) atoms. The van der Waals surface area contributed by atoms with Gasteiger partial charge in [0.1, 0.15) is 10.7 Å². The van der Waals surface area contributed by atoms with Gasteiger partial charge in [-0.25, -0.2) is 21.2 Å². The van der Waals surface area contributed by atoms with Crippen molar-refractivity contribution in [2.24, 2.45) is 5.92 Å². The molecular formula is C37H33Cl4FN2O5S2. The third-order valence-corrected chi connectivity index (χ3v) is 12.9. The Morgan fingerprint density at radius 1 is 0.667 bits per heavy atom. The molecular weight excluding hydrogens is 777 g/mol. The number of benzene rings is 5. The highest BCUT2D eigenvalue weighted by atomic mass is 35.5. The summed E-state index contributed by atoms with van der Waals surface area (Å²) >= 11 is 24.5. The summed E-state index contributed by atoms with van der Waals surface area (Å²) in [4.78, 5) is -0.427. The number of hydrogen-bond donors (Lipinski definition) is 1. The maximum Gasteiger partial charge on any atom is 0.247 e. The monoisotopic (exact) mass is 808 g/mol. The van der Waals surface area contributed by atoms with Crippen molar-refractivity contribution in [3.8, 4) is 16.9 Å². The van der Waals surface area contributed by atoms with Crippen molar-refractivity contribution in [2.45, 2.75) is 36.3 Å². The lowest BCUT2D eigenvalue weighted by atomic mass is 10.0. The molecule has 0 aliphatic carbocycles. The van der Waals surface area contributed by atoms with E-state index in [2.05, 4.69) is 0 Å². The third kappa shape index (κ3) is 9.63. The van der Waals surface area contributed by atoms with E-state index in [0.29, 0.717) is 16.7 Å². The zero-order chi connectivity index (χ0) is 36.9. The Kier molecular flexibility index (Phi) is 12.7. The molecule has 0 bridgehead atoms. The minimum Gasteiger partial charge on any atom is -0.505 e. The highest BCUT2D eigenvalue weighted by Gasteiger charge is 2.30. The molecule has 0 spiro atoms. The number of alkyl halides is 1. The maximum absolute atomic E-state index is 14.2. The molecule has 0 saturated carbocycles. The van der Waals surface area contributed by atoms with E-state index in [4.69, 9.17) is 46.4 Å². The molecule has 7 nitrogen and oxygen atoms in total. The van der Waals surface area contributed by atoms with Crippen LogP contribution >= 0.6 is 46.4 Å². The molecule has 1 unspecified atom stereocenters. The number of nitrogens with zero attached hydrogens (tertiary/aromatic N) is 2. The largest absolute Gasteiger partial charge is 0.505 e. The number of phenolic OH excluding ortho intramolecular Hbond substituents is 1. The topological polar surface area (TPSA) is 95.0 Å². The van der Waals surface area contributed by atoms with Gasteiger partial charge >= 0.3 is 0 Å². The van der Waals surface area contributed by atoms with Crippen LogP contribution in [0.4, 0.5) is 4.39 Å². The number of aromatic hydroxyl groups is 1. The molecule has 0 aliphatic heterocycles. The van der Waals surface area contributed by atoms with E-state index in [1.54, 1.807) is 72.8 Å². The van der Waals surface area contributed by atoms with E-state index in [-0.39, 0.29) is 63.8 Å². The summed E-state index contributed by atoms with van der Waals surface area (Å²) in [6.45, 7) is 1.69. The number of rotatable bonds is 14. The molecule has 1 atom stereocenters. The highest BCUT2D eigenvalue weighted by Crippen LogP contribution is 2.37. The second-order valence-corrected chi connectivity index (χ2v) is 17.5. The molecule has 5 aromatic carbocycles. The zero-order valence-corrected chi connectivity index (χ0v) is 31.8. The highest BCUT2D eigenvalue weighted by molar-refractivity contribution is 7.89. The molecule has 268 valence electrons. The first-order valence-corrected chi connectivity index (χ1v) is 20.1. The van der Waals surface area contributed by atoms with Gasteiger partial charge in [0.2, 0.25) is 20.0 Å². The van der Waals surface area contributed by atoms with Gasteiger partial charge in [-0.05, 0) is 76.2 Å². The molecule has 0 aliphatic rings. The van der Waals surface area contributed by atoms with Gasteiger partial charge in [-0.3, -0.25) is 0 Å². The Morgan fingerprint density at radius 3 is 1.84 bits per heavy atom. The summed E-state index contributed by atoms with van der Waals surface area (Å²) in [5.74, 6) is -0.928. The van der Waals surface area contributed by atoms with Crippen LogP contribution in [0.25, 0.3) is 11.1 Å². The quantitative estimate of drug-likeness (QED) is 0.113. The molecule has 5 aromatic rings. The lowest BCUT2D eigenvalue weighted by Crippen LogP contribution is -2.35. The molecule has 1 N–H and O–H groups in total. The first kappa shape index (κ1) is 39.0. The van der Waals surface area contributed by atoms with Crippen molar-refractivity contribution in [3.63, 3.8) is 0 Å². The fourth-order valence-corrected chi connectivity index (χ4v) is 9.51. The minimum atomic E-state index is -4.42. The molecule has 0 radical (unpaired) electrons. The van der Waals surface area contributed by atoms with Crippen molar-refractivity contribution in [2.75, 3.05) is 12.4 Å². The van der Waals surface area contributed by atoms with E-state index >= 15 is 0 Å². The van der Waals surface area contributed by atoms with Gasteiger partial charge in [-0.15, -0.1) is 11.6 Å². The molecule has 0 saturated heterocycles. The van der Waals surface area contributed by atoms with Crippen LogP contribution < -0.4 is 0 Å². The van der Waals surface area contributed by atoms with E-state index in [0.717, 1.165) is 17.2 Å². The van der Waals surface area contributed by atoms with E-state index in [1.165, 1.54) is 38.9 Å². The number of sulfonamides is 2. The SMILES string of the molecule is CC(CCl)CN(Cc1cccc(CN(Cc2ccc(-c3ccc(F)cc3)cc2)S(=O)(=O)c2cc(Cl)cc(Cl)c2O)c1)S(=O)(=O)c1cccc(Cl)c1. The van der Waals surface area contributed by atoms with Crippen LogP contribution in [0, 0.1) is 11.7 Å². The van der Waals surface area contributed by atoms with Gasteiger partial charge in [-0.1, -0.05) is 108 Å². The van der Waals surface area contributed by atoms with Crippen LogP contribution in [0.3, 0.4) is 0 Å². The lowest BCUT2D eigenvalue weighted by Gasteiger charge is -2.26. The predicted octanol–water partition coefficient (Wildman–Crippen LogP) is 9.62. The Hall–Kier alpha value is -3.19. The van der Waals surface area contributed by atoms with Gasteiger partial charge in [0.25, 0.3) is 0 Å². The van der Waals surface area contributed by atoms with Gasteiger partial charge in [0, 0.05) is 42.1 Å². The number of halogens is 5. The van der Waals surface area contributed by atoms with Crippen LogP contribution in [0.5, 0.6) is 5.75 Å². The number of phenols is 1. The van der Waals surface area contributed by atoms with Crippen LogP contribution in [0.1, 0.15) is 23.6 Å². The molecule has 0 aromatic heterocycles. The van der Waals surface area contributed by atoms with E-state index in [1.807, 2.05) is 6.92 Å². The fourth-order valence-electron chi connectivity index (χ4n) is 5.41. The van der Waals surface area contributed by atoms with Crippen molar-refractivity contribution >= 4 is 66.5 Å². The van der Waals surface area contributed by atoms with Crippen LogP contribution in [0.2, 0.25) is 15.1 Å². The van der Waals surface area contributed by atoms with Crippen molar-refractivity contribution in [1.82, 2.24) is 8.61 Å². The predicted molar refractivity (Wildman–Crippen MR) is 202 cm³/mol. The van der Waals surface area contributed by atoms with Crippen LogP contribution in [0.15, 0.2) is 119 Å². The zero-order valence-electron chi connectivity index (χ0n) is 27.2. The van der Waals surface area contributed by atoms with Crippen LogP contribution in [-0.2, 0) is 39.7 Å². The second kappa shape index (κ2) is 16.7. The molecule has 5 rings (SSSR count). The van der Waals surface area contributed by atoms with E-state index in [9.17, 15) is 26.3 Å². The first-order chi connectivity index (χ1) is 24.2. The summed E-state index contributed by atoms with van der Waals surface area (Å²) in [6.07, 6.45) is 0. The third-order valence-electron chi connectivity index (χ3n) is 8.02.